The van der Waals surface area contributed by atoms with Crippen LogP contribution in [0.3, 0.4) is 0 Å². The molecule has 0 atom stereocenters. The number of hydrogen-bond donors (Lipinski definition) is 1. The van der Waals surface area contributed by atoms with E-state index in [4.69, 9.17) is 17.5 Å². The lowest BCUT2D eigenvalue weighted by Crippen LogP contribution is -2.37. The highest BCUT2D eigenvalue weighted by Gasteiger charge is 2.02. The van der Waals surface area contributed by atoms with Crippen LogP contribution in [0.4, 0.5) is 0 Å². The summed E-state index contributed by atoms with van der Waals surface area (Å²) in [7, 11) is 1.89. The van der Waals surface area contributed by atoms with Gasteiger partial charge in [0.15, 0.2) is 5.11 Å². The highest BCUT2D eigenvalue weighted by molar-refractivity contribution is 7.80. The molecular weight excluding hydrogens is 218 g/mol. The lowest BCUT2D eigenvalue weighted by atomic mass is 10.2. The van der Waals surface area contributed by atoms with Crippen LogP contribution in [0.25, 0.3) is 0 Å². The molecule has 0 fully saturated rings. The summed E-state index contributed by atoms with van der Waals surface area (Å²) in [5, 5.41) is 12.3. The monoisotopic (exact) mass is 233 g/mol. The average Bonchev–Trinajstić information content (AvgIpc) is 2.34. The summed E-state index contributed by atoms with van der Waals surface area (Å²) in [6, 6.07) is 12.2. The molecular formula is C12H15N3S. The normalized spacial score (nSPS) is 9.25. The van der Waals surface area contributed by atoms with Gasteiger partial charge in [0.05, 0.1) is 12.5 Å². The summed E-state index contributed by atoms with van der Waals surface area (Å²) < 4.78 is 0. The van der Waals surface area contributed by atoms with Crippen LogP contribution in [0, 0.1) is 11.3 Å². The van der Waals surface area contributed by atoms with E-state index in [1.54, 1.807) is 0 Å². The van der Waals surface area contributed by atoms with Gasteiger partial charge in [-0.05, 0) is 17.8 Å². The lowest BCUT2D eigenvalue weighted by Gasteiger charge is -2.19. The molecule has 1 N–H and O–H groups in total. The SMILES string of the molecule is CN(CCC#N)C(=S)NCc1ccccc1. The maximum atomic E-state index is 8.46. The Kier molecular flexibility index (Phi) is 5.30. The van der Waals surface area contributed by atoms with E-state index in [1.807, 2.05) is 42.3 Å². The molecule has 0 aliphatic heterocycles. The zero-order chi connectivity index (χ0) is 11.8. The molecule has 0 bridgehead atoms. The molecule has 0 saturated heterocycles. The fraction of sp³-hybridized carbons (Fsp3) is 0.333. The predicted molar refractivity (Wildman–Crippen MR) is 68.7 cm³/mol. The second kappa shape index (κ2) is 6.81. The first-order valence-corrected chi connectivity index (χ1v) is 5.54. The predicted octanol–water partition coefficient (Wildman–Crippen LogP) is 1.91. The van der Waals surface area contributed by atoms with Gasteiger partial charge in [0.25, 0.3) is 0 Å². The standard InChI is InChI=1S/C12H15N3S/c1-15(9-5-8-13)12(16)14-10-11-6-3-2-4-7-11/h2-4,6-7H,5,9-10H2,1H3,(H,14,16). The molecule has 0 amide bonds. The van der Waals surface area contributed by atoms with Gasteiger partial charge in [0.2, 0.25) is 0 Å². The van der Waals surface area contributed by atoms with Crippen molar-refractivity contribution in [1.82, 2.24) is 10.2 Å². The second-order valence-corrected chi connectivity index (χ2v) is 3.86. The van der Waals surface area contributed by atoms with Crippen LogP contribution in [0.2, 0.25) is 0 Å². The minimum Gasteiger partial charge on any atom is -0.358 e. The van der Waals surface area contributed by atoms with Crippen LogP contribution >= 0.6 is 12.2 Å². The van der Waals surface area contributed by atoms with Gasteiger partial charge in [0, 0.05) is 20.1 Å². The van der Waals surface area contributed by atoms with Crippen molar-refractivity contribution in [2.24, 2.45) is 0 Å². The van der Waals surface area contributed by atoms with E-state index in [1.165, 1.54) is 5.56 Å². The van der Waals surface area contributed by atoms with Crippen LogP contribution in [-0.4, -0.2) is 23.6 Å². The van der Waals surface area contributed by atoms with Crippen LogP contribution in [0.5, 0.6) is 0 Å². The molecule has 1 rings (SSSR count). The van der Waals surface area contributed by atoms with E-state index in [0.29, 0.717) is 18.1 Å². The van der Waals surface area contributed by atoms with E-state index < -0.39 is 0 Å². The molecule has 0 aliphatic rings. The fourth-order valence-electron chi connectivity index (χ4n) is 1.23. The van der Waals surface area contributed by atoms with Crippen molar-refractivity contribution in [3.8, 4) is 6.07 Å². The Morgan fingerprint density at radius 2 is 2.12 bits per heavy atom. The van der Waals surface area contributed by atoms with E-state index >= 15 is 0 Å². The first-order chi connectivity index (χ1) is 7.74. The largest absolute Gasteiger partial charge is 0.358 e. The Hall–Kier alpha value is -1.60. The highest BCUT2D eigenvalue weighted by Crippen LogP contribution is 1.98. The summed E-state index contributed by atoms with van der Waals surface area (Å²) >= 11 is 5.19. The van der Waals surface area contributed by atoms with Crippen molar-refractivity contribution in [3.63, 3.8) is 0 Å². The van der Waals surface area contributed by atoms with Crippen molar-refractivity contribution >= 4 is 17.3 Å². The van der Waals surface area contributed by atoms with Gasteiger partial charge < -0.3 is 10.2 Å². The van der Waals surface area contributed by atoms with Crippen molar-refractivity contribution in [2.75, 3.05) is 13.6 Å². The topological polar surface area (TPSA) is 39.1 Å². The number of hydrogen-bond acceptors (Lipinski definition) is 2. The van der Waals surface area contributed by atoms with Gasteiger partial charge in [-0.1, -0.05) is 30.3 Å². The number of nitriles is 1. The number of rotatable bonds is 4. The third-order valence-corrected chi connectivity index (χ3v) is 2.65. The van der Waals surface area contributed by atoms with Crippen LogP contribution in [0.15, 0.2) is 30.3 Å². The average molecular weight is 233 g/mol. The molecule has 0 saturated carbocycles. The number of nitrogens with zero attached hydrogens (tertiary/aromatic N) is 2. The molecule has 0 unspecified atom stereocenters. The molecule has 0 spiro atoms. The quantitative estimate of drug-likeness (QED) is 0.806. The third kappa shape index (κ3) is 4.28. The molecule has 16 heavy (non-hydrogen) atoms. The molecule has 1 aromatic rings. The van der Waals surface area contributed by atoms with E-state index in [-0.39, 0.29) is 0 Å². The number of thiocarbonyl (C=S) groups is 1. The third-order valence-electron chi connectivity index (χ3n) is 2.19. The van der Waals surface area contributed by atoms with Gasteiger partial charge in [-0.3, -0.25) is 0 Å². The maximum Gasteiger partial charge on any atom is 0.168 e. The van der Waals surface area contributed by atoms with Gasteiger partial charge in [-0.25, -0.2) is 0 Å². The van der Waals surface area contributed by atoms with Crippen LogP contribution in [0.1, 0.15) is 12.0 Å². The smallest absolute Gasteiger partial charge is 0.168 e. The summed E-state index contributed by atoms with van der Waals surface area (Å²) in [5.74, 6) is 0. The lowest BCUT2D eigenvalue weighted by molar-refractivity contribution is 0.503. The molecule has 0 aliphatic carbocycles. The van der Waals surface area contributed by atoms with E-state index in [9.17, 15) is 0 Å². The summed E-state index contributed by atoms with van der Waals surface area (Å²) in [4.78, 5) is 1.88. The van der Waals surface area contributed by atoms with Crippen molar-refractivity contribution in [1.29, 1.82) is 5.26 Å². The second-order valence-electron chi connectivity index (χ2n) is 3.47. The zero-order valence-electron chi connectivity index (χ0n) is 9.31. The van der Waals surface area contributed by atoms with Gasteiger partial charge in [0.1, 0.15) is 0 Å². The van der Waals surface area contributed by atoms with Gasteiger partial charge in [-0.15, -0.1) is 0 Å². The molecule has 3 nitrogen and oxygen atoms in total. The zero-order valence-corrected chi connectivity index (χ0v) is 10.1. The molecule has 1 aromatic carbocycles. The Morgan fingerprint density at radius 3 is 2.75 bits per heavy atom. The first-order valence-electron chi connectivity index (χ1n) is 5.14. The minimum absolute atomic E-state index is 0.490. The molecule has 0 aromatic heterocycles. The Bertz CT molecular complexity index is 370. The fourth-order valence-corrected chi connectivity index (χ4v) is 1.39. The number of nitrogens with one attached hydrogen (secondary N) is 1. The van der Waals surface area contributed by atoms with Crippen LogP contribution in [-0.2, 0) is 6.54 Å². The van der Waals surface area contributed by atoms with Crippen molar-refractivity contribution in [3.05, 3.63) is 35.9 Å². The van der Waals surface area contributed by atoms with E-state index in [0.717, 1.165) is 6.54 Å². The first kappa shape index (κ1) is 12.5. The molecule has 0 heterocycles. The Morgan fingerprint density at radius 1 is 1.44 bits per heavy atom. The summed E-state index contributed by atoms with van der Waals surface area (Å²) in [5.41, 5.74) is 1.19. The molecule has 84 valence electrons. The minimum atomic E-state index is 0.490. The maximum absolute atomic E-state index is 8.46. The summed E-state index contributed by atoms with van der Waals surface area (Å²) in [6.07, 6.45) is 0.490. The highest BCUT2D eigenvalue weighted by atomic mass is 32.1. The van der Waals surface area contributed by atoms with Crippen LogP contribution < -0.4 is 5.32 Å². The van der Waals surface area contributed by atoms with Crippen molar-refractivity contribution < 1.29 is 0 Å². The summed E-state index contributed by atoms with van der Waals surface area (Å²) in [6.45, 7) is 1.38. The molecule has 0 radical (unpaired) electrons. The Labute approximate surface area is 102 Å². The van der Waals surface area contributed by atoms with Crippen molar-refractivity contribution in [2.45, 2.75) is 13.0 Å². The van der Waals surface area contributed by atoms with Gasteiger partial charge >= 0.3 is 0 Å². The Balaban J connectivity index is 2.33. The number of benzene rings is 1. The molecule has 4 heteroatoms. The van der Waals surface area contributed by atoms with Gasteiger partial charge in [-0.2, -0.15) is 5.26 Å². The van der Waals surface area contributed by atoms with E-state index in [2.05, 4.69) is 11.4 Å².